The van der Waals surface area contributed by atoms with Crippen LogP contribution in [0.3, 0.4) is 0 Å². The van der Waals surface area contributed by atoms with Gasteiger partial charge in [-0.05, 0) is 13.3 Å². The Hall–Kier alpha value is -1.61. The molecule has 2 aromatic rings. The number of nitrogens with zero attached hydrogens (tertiary/aromatic N) is 2. The summed E-state index contributed by atoms with van der Waals surface area (Å²) in [5.74, 6) is 0.130. The van der Waals surface area contributed by atoms with Crippen molar-refractivity contribution in [2.45, 2.75) is 19.8 Å². The zero-order valence-corrected chi connectivity index (χ0v) is 11.2. The van der Waals surface area contributed by atoms with E-state index in [4.69, 9.17) is 11.6 Å². The second kappa shape index (κ2) is 5.36. The predicted octanol–water partition coefficient (Wildman–Crippen LogP) is 3.20. The van der Waals surface area contributed by atoms with Crippen molar-refractivity contribution in [3.63, 3.8) is 0 Å². The Morgan fingerprint density at radius 1 is 1.33 bits per heavy atom. The first kappa shape index (κ1) is 12.8. The number of carbonyl (C=O) groups excluding carboxylic acids is 1. The monoisotopic (exact) mass is 262 g/mol. The Bertz CT molecular complexity index is 561. The Balaban J connectivity index is 2.06. The van der Waals surface area contributed by atoms with Crippen molar-refractivity contribution in [3.8, 4) is 0 Å². The van der Waals surface area contributed by atoms with Crippen molar-refractivity contribution < 1.29 is 4.79 Å². The largest absolute Gasteiger partial charge is 0.294 e. The normalized spacial score (nSPS) is 10.6. The summed E-state index contributed by atoms with van der Waals surface area (Å²) >= 11 is 6.15. The maximum absolute atomic E-state index is 12.0. The molecule has 2 rings (SSSR count). The van der Waals surface area contributed by atoms with Crippen LogP contribution in [0, 0.1) is 6.92 Å². The number of Topliss-reactive ketones (excluding diaryl/α,β-unsaturated/α-hetero) is 1. The van der Waals surface area contributed by atoms with Crippen LogP contribution in [-0.2, 0) is 13.5 Å². The zero-order chi connectivity index (χ0) is 13.1. The summed E-state index contributed by atoms with van der Waals surface area (Å²) in [6, 6.07) is 9.30. The molecule has 18 heavy (non-hydrogen) atoms. The highest BCUT2D eigenvalue weighted by Crippen LogP contribution is 2.21. The van der Waals surface area contributed by atoms with Gasteiger partial charge < -0.3 is 0 Å². The van der Waals surface area contributed by atoms with E-state index in [9.17, 15) is 4.79 Å². The molecule has 0 aliphatic heterocycles. The SMILES string of the molecule is Cc1nn(C)c(CCC(=O)c2ccccc2)c1Cl. The lowest BCUT2D eigenvalue weighted by Crippen LogP contribution is -2.04. The summed E-state index contributed by atoms with van der Waals surface area (Å²) in [7, 11) is 1.85. The fourth-order valence-electron chi connectivity index (χ4n) is 1.95. The van der Waals surface area contributed by atoms with E-state index < -0.39 is 0 Å². The molecule has 0 saturated heterocycles. The van der Waals surface area contributed by atoms with Gasteiger partial charge in [0.05, 0.1) is 16.4 Å². The number of hydrogen-bond acceptors (Lipinski definition) is 2. The van der Waals surface area contributed by atoms with Crippen LogP contribution in [0.15, 0.2) is 30.3 Å². The van der Waals surface area contributed by atoms with Crippen molar-refractivity contribution >= 4 is 17.4 Å². The Labute approximate surface area is 111 Å². The number of aryl methyl sites for hydroxylation is 2. The minimum atomic E-state index is 0.130. The molecule has 0 bridgehead atoms. The second-order valence-electron chi connectivity index (χ2n) is 4.26. The van der Waals surface area contributed by atoms with Crippen molar-refractivity contribution in [3.05, 3.63) is 52.3 Å². The fraction of sp³-hybridized carbons (Fsp3) is 0.286. The molecule has 0 N–H and O–H groups in total. The van der Waals surface area contributed by atoms with E-state index in [1.54, 1.807) is 4.68 Å². The molecule has 0 aliphatic carbocycles. The van der Waals surface area contributed by atoms with Gasteiger partial charge in [0.1, 0.15) is 0 Å². The van der Waals surface area contributed by atoms with E-state index in [0.29, 0.717) is 17.9 Å². The highest BCUT2D eigenvalue weighted by Gasteiger charge is 2.13. The number of hydrogen-bond donors (Lipinski definition) is 0. The molecule has 4 heteroatoms. The number of rotatable bonds is 4. The molecule has 3 nitrogen and oxygen atoms in total. The smallest absolute Gasteiger partial charge is 0.163 e. The van der Waals surface area contributed by atoms with Gasteiger partial charge in [-0.3, -0.25) is 9.48 Å². The number of aromatic nitrogens is 2. The third-order valence-corrected chi connectivity index (χ3v) is 3.44. The number of carbonyl (C=O) groups is 1. The molecule has 0 atom stereocenters. The third-order valence-electron chi connectivity index (χ3n) is 2.95. The molecule has 0 saturated carbocycles. The molecule has 0 aliphatic rings. The molecule has 1 heterocycles. The van der Waals surface area contributed by atoms with Crippen LogP contribution in [-0.4, -0.2) is 15.6 Å². The van der Waals surface area contributed by atoms with Crippen LogP contribution >= 0.6 is 11.6 Å². The molecule has 0 spiro atoms. The molecule has 1 aromatic heterocycles. The van der Waals surface area contributed by atoms with E-state index >= 15 is 0 Å². The van der Waals surface area contributed by atoms with Crippen LogP contribution in [0.4, 0.5) is 0 Å². The highest BCUT2D eigenvalue weighted by atomic mass is 35.5. The minimum absolute atomic E-state index is 0.130. The molecule has 0 radical (unpaired) electrons. The quantitative estimate of drug-likeness (QED) is 0.793. The Kier molecular flexibility index (Phi) is 3.82. The van der Waals surface area contributed by atoms with Gasteiger partial charge in [0, 0.05) is 19.0 Å². The van der Waals surface area contributed by atoms with Gasteiger partial charge in [-0.15, -0.1) is 0 Å². The van der Waals surface area contributed by atoms with Crippen molar-refractivity contribution in [2.75, 3.05) is 0 Å². The summed E-state index contributed by atoms with van der Waals surface area (Å²) in [5.41, 5.74) is 2.47. The first-order valence-corrected chi connectivity index (χ1v) is 6.23. The Morgan fingerprint density at radius 3 is 2.56 bits per heavy atom. The van der Waals surface area contributed by atoms with Gasteiger partial charge in [0.15, 0.2) is 5.78 Å². The topological polar surface area (TPSA) is 34.9 Å². The lowest BCUT2D eigenvalue weighted by atomic mass is 10.1. The summed E-state index contributed by atoms with van der Waals surface area (Å²) in [6.45, 7) is 1.87. The zero-order valence-electron chi connectivity index (χ0n) is 10.5. The van der Waals surface area contributed by atoms with E-state index in [0.717, 1.165) is 17.0 Å². The number of halogens is 1. The van der Waals surface area contributed by atoms with Gasteiger partial charge in [0.2, 0.25) is 0 Å². The average Bonchev–Trinajstić information content (AvgIpc) is 2.62. The molecule has 94 valence electrons. The molecule has 0 unspecified atom stereocenters. The third kappa shape index (κ3) is 2.62. The van der Waals surface area contributed by atoms with E-state index in [-0.39, 0.29) is 5.78 Å². The van der Waals surface area contributed by atoms with Crippen molar-refractivity contribution in [1.29, 1.82) is 0 Å². The number of benzene rings is 1. The van der Waals surface area contributed by atoms with Crippen LogP contribution in [0.5, 0.6) is 0 Å². The van der Waals surface area contributed by atoms with Crippen LogP contribution in [0.2, 0.25) is 5.02 Å². The summed E-state index contributed by atoms with van der Waals surface area (Å²) < 4.78 is 1.75. The maximum Gasteiger partial charge on any atom is 0.163 e. The lowest BCUT2D eigenvalue weighted by molar-refractivity contribution is 0.0982. The molecule has 0 fully saturated rings. The van der Waals surface area contributed by atoms with E-state index in [1.165, 1.54) is 0 Å². The maximum atomic E-state index is 12.0. The first-order chi connectivity index (χ1) is 8.59. The van der Waals surface area contributed by atoms with Crippen molar-refractivity contribution in [2.24, 2.45) is 7.05 Å². The van der Waals surface area contributed by atoms with Gasteiger partial charge in [-0.1, -0.05) is 41.9 Å². The van der Waals surface area contributed by atoms with Gasteiger partial charge >= 0.3 is 0 Å². The van der Waals surface area contributed by atoms with E-state index in [1.807, 2.05) is 44.3 Å². The molecular weight excluding hydrogens is 248 g/mol. The summed E-state index contributed by atoms with van der Waals surface area (Å²) in [6.07, 6.45) is 1.06. The van der Waals surface area contributed by atoms with Crippen molar-refractivity contribution in [1.82, 2.24) is 9.78 Å². The molecule has 0 amide bonds. The number of ketones is 1. The highest BCUT2D eigenvalue weighted by molar-refractivity contribution is 6.31. The molecule has 1 aromatic carbocycles. The fourth-order valence-corrected chi connectivity index (χ4v) is 2.21. The predicted molar refractivity (Wildman–Crippen MR) is 72.0 cm³/mol. The second-order valence-corrected chi connectivity index (χ2v) is 4.64. The van der Waals surface area contributed by atoms with Crippen LogP contribution < -0.4 is 0 Å². The van der Waals surface area contributed by atoms with Gasteiger partial charge in [-0.25, -0.2) is 0 Å². The van der Waals surface area contributed by atoms with Gasteiger partial charge in [0.25, 0.3) is 0 Å². The summed E-state index contributed by atoms with van der Waals surface area (Å²) in [4.78, 5) is 12.0. The average molecular weight is 263 g/mol. The minimum Gasteiger partial charge on any atom is -0.294 e. The summed E-state index contributed by atoms with van der Waals surface area (Å²) in [5, 5.41) is 4.90. The first-order valence-electron chi connectivity index (χ1n) is 5.86. The Morgan fingerprint density at radius 2 is 2.00 bits per heavy atom. The van der Waals surface area contributed by atoms with Crippen LogP contribution in [0.25, 0.3) is 0 Å². The lowest BCUT2D eigenvalue weighted by Gasteiger charge is -2.03. The molecular formula is C14H15ClN2O. The standard InChI is InChI=1S/C14H15ClN2O/c1-10-14(15)12(17(2)16-10)8-9-13(18)11-6-4-3-5-7-11/h3-7H,8-9H2,1-2H3. The van der Waals surface area contributed by atoms with Crippen LogP contribution in [0.1, 0.15) is 28.2 Å². The van der Waals surface area contributed by atoms with Gasteiger partial charge in [-0.2, -0.15) is 5.10 Å². The van der Waals surface area contributed by atoms with E-state index in [2.05, 4.69) is 5.10 Å².